The Labute approximate surface area is 126 Å². The Kier molecular flexibility index (Phi) is 6.38. The van der Waals surface area contributed by atoms with Gasteiger partial charge in [-0.25, -0.2) is 8.78 Å². The molecule has 1 aromatic rings. The van der Waals surface area contributed by atoms with Crippen LogP contribution in [0.2, 0.25) is 0 Å². The van der Waals surface area contributed by atoms with E-state index in [-0.39, 0.29) is 30.3 Å². The summed E-state index contributed by atoms with van der Waals surface area (Å²) in [6.45, 7) is 1.20. The van der Waals surface area contributed by atoms with Crippen molar-refractivity contribution in [3.63, 3.8) is 0 Å². The standard InChI is InChI=1S/C14H15ClF2N2O2/c1-2-14(16,17)5-6-21-12-4-3-10(9-18)7-11(12)19-13(20)8-15/h3-4,7H,2,5-6,8H2,1H3,(H,19,20). The summed E-state index contributed by atoms with van der Waals surface area (Å²) >= 11 is 5.39. The minimum atomic E-state index is -2.79. The Hall–Kier alpha value is -1.87. The normalized spacial score (nSPS) is 10.8. The molecule has 0 atom stereocenters. The van der Waals surface area contributed by atoms with Crippen molar-refractivity contribution in [3.05, 3.63) is 23.8 Å². The lowest BCUT2D eigenvalue weighted by molar-refractivity contribution is -0.113. The van der Waals surface area contributed by atoms with Gasteiger partial charge in [-0.1, -0.05) is 6.92 Å². The van der Waals surface area contributed by atoms with Crippen LogP contribution in [-0.2, 0) is 4.79 Å². The highest BCUT2D eigenvalue weighted by Crippen LogP contribution is 2.28. The lowest BCUT2D eigenvalue weighted by atomic mass is 10.2. The Bertz CT molecular complexity index is 544. The van der Waals surface area contributed by atoms with Crippen LogP contribution in [0.5, 0.6) is 5.75 Å². The number of benzene rings is 1. The number of nitriles is 1. The summed E-state index contributed by atoms with van der Waals surface area (Å²) in [4.78, 5) is 11.3. The molecule has 1 rings (SSSR count). The molecule has 21 heavy (non-hydrogen) atoms. The van der Waals surface area contributed by atoms with Crippen molar-refractivity contribution in [3.8, 4) is 11.8 Å². The molecule has 0 spiro atoms. The Morgan fingerprint density at radius 3 is 2.81 bits per heavy atom. The fourth-order valence-electron chi connectivity index (χ4n) is 1.49. The molecule has 0 heterocycles. The molecule has 0 aliphatic rings. The van der Waals surface area contributed by atoms with E-state index in [1.165, 1.54) is 25.1 Å². The predicted octanol–water partition coefficient (Wildman–Crippen LogP) is 3.55. The predicted molar refractivity (Wildman–Crippen MR) is 75.9 cm³/mol. The molecule has 0 aromatic heterocycles. The molecule has 0 unspecified atom stereocenters. The third-order valence-corrected chi connectivity index (χ3v) is 2.99. The maximum atomic E-state index is 13.1. The summed E-state index contributed by atoms with van der Waals surface area (Å²) in [5.74, 6) is -3.30. The van der Waals surface area contributed by atoms with Crippen molar-refractivity contribution in [2.45, 2.75) is 25.7 Å². The third kappa shape index (κ3) is 5.56. The third-order valence-electron chi connectivity index (χ3n) is 2.75. The molecule has 1 aromatic carbocycles. The van der Waals surface area contributed by atoms with Crippen molar-refractivity contribution in [1.29, 1.82) is 5.26 Å². The monoisotopic (exact) mass is 316 g/mol. The van der Waals surface area contributed by atoms with Crippen LogP contribution in [0.4, 0.5) is 14.5 Å². The highest BCUT2D eigenvalue weighted by atomic mass is 35.5. The second kappa shape index (κ2) is 7.79. The number of ether oxygens (including phenoxy) is 1. The van der Waals surface area contributed by atoms with Crippen LogP contribution < -0.4 is 10.1 Å². The molecule has 0 aliphatic heterocycles. The van der Waals surface area contributed by atoms with E-state index in [0.29, 0.717) is 5.56 Å². The van der Waals surface area contributed by atoms with E-state index in [1.807, 2.05) is 6.07 Å². The minimum absolute atomic E-state index is 0.198. The average molecular weight is 317 g/mol. The number of alkyl halides is 3. The molecule has 7 heteroatoms. The summed E-state index contributed by atoms with van der Waals surface area (Å²) in [5.41, 5.74) is 0.547. The number of halogens is 3. The zero-order valence-corrected chi connectivity index (χ0v) is 12.2. The largest absolute Gasteiger partial charge is 0.491 e. The van der Waals surface area contributed by atoms with Gasteiger partial charge in [0.15, 0.2) is 0 Å². The molecule has 0 aliphatic carbocycles. The summed E-state index contributed by atoms with van der Waals surface area (Å²) in [6.07, 6.45) is -0.689. The van der Waals surface area contributed by atoms with Gasteiger partial charge in [0, 0.05) is 12.8 Å². The van der Waals surface area contributed by atoms with Gasteiger partial charge in [0.25, 0.3) is 5.92 Å². The average Bonchev–Trinajstić information content (AvgIpc) is 2.48. The Balaban J connectivity index is 2.81. The van der Waals surface area contributed by atoms with Crippen molar-refractivity contribution in [2.24, 2.45) is 0 Å². The molecule has 0 fully saturated rings. The molecule has 114 valence electrons. The van der Waals surface area contributed by atoms with E-state index in [1.54, 1.807) is 0 Å². The first-order valence-electron chi connectivity index (χ1n) is 6.32. The second-order valence-electron chi connectivity index (χ2n) is 4.31. The maximum Gasteiger partial charge on any atom is 0.251 e. The van der Waals surface area contributed by atoms with Crippen molar-refractivity contribution in [2.75, 3.05) is 17.8 Å². The molecular formula is C14H15ClF2N2O2. The quantitative estimate of drug-likeness (QED) is 0.782. The SMILES string of the molecule is CCC(F)(F)CCOc1ccc(C#N)cc1NC(=O)CCl. The maximum absolute atomic E-state index is 13.1. The fraction of sp³-hybridized carbons (Fsp3) is 0.429. The van der Waals surface area contributed by atoms with Crippen molar-refractivity contribution < 1.29 is 18.3 Å². The number of anilines is 1. The minimum Gasteiger partial charge on any atom is -0.491 e. The van der Waals surface area contributed by atoms with Crippen LogP contribution in [0.15, 0.2) is 18.2 Å². The first-order chi connectivity index (χ1) is 9.91. The number of hydrogen-bond acceptors (Lipinski definition) is 3. The van der Waals surface area contributed by atoms with E-state index in [4.69, 9.17) is 21.6 Å². The molecule has 1 N–H and O–H groups in total. The molecule has 0 saturated heterocycles. The van der Waals surface area contributed by atoms with Crippen LogP contribution in [-0.4, -0.2) is 24.3 Å². The summed E-state index contributed by atoms with van der Waals surface area (Å²) in [7, 11) is 0. The zero-order chi connectivity index (χ0) is 15.9. The Morgan fingerprint density at radius 1 is 1.52 bits per heavy atom. The molecular weight excluding hydrogens is 302 g/mol. The smallest absolute Gasteiger partial charge is 0.251 e. The van der Waals surface area contributed by atoms with Gasteiger partial charge >= 0.3 is 0 Å². The summed E-state index contributed by atoms with van der Waals surface area (Å²) in [5, 5.41) is 11.3. The lowest BCUT2D eigenvalue weighted by Crippen LogP contribution is -2.19. The van der Waals surface area contributed by atoms with Gasteiger partial charge in [-0.05, 0) is 18.2 Å². The number of nitrogens with zero attached hydrogens (tertiary/aromatic N) is 1. The van der Waals surface area contributed by atoms with E-state index in [2.05, 4.69) is 5.32 Å². The molecule has 4 nitrogen and oxygen atoms in total. The lowest BCUT2D eigenvalue weighted by Gasteiger charge is -2.16. The number of hydrogen-bond donors (Lipinski definition) is 1. The number of amides is 1. The van der Waals surface area contributed by atoms with Gasteiger partial charge in [-0.2, -0.15) is 5.26 Å². The van der Waals surface area contributed by atoms with E-state index in [9.17, 15) is 13.6 Å². The molecule has 0 radical (unpaired) electrons. The topological polar surface area (TPSA) is 62.1 Å². The highest BCUT2D eigenvalue weighted by Gasteiger charge is 2.25. The number of carbonyl (C=O) groups is 1. The van der Waals surface area contributed by atoms with Gasteiger partial charge in [0.2, 0.25) is 5.91 Å². The first kappa shape index (κ1) is 17.2. The van der Waals surface area contributed by atoms with Crippen LogP contribution in [0.1, 0.15) is 25.3 Å². The second-order valence-corrected chi connectivity index (χ2v) is 4.58. The number of carbonyl (C=O) groups excluding carboxylic acids is 1. The van der Waals surface area contributed by atoms with E-state index < -0.39 is 18.3 Å². The van der Waals surface area contributed by atoms with Gasteiger partial charge in [0.05, 0.1) is 23.9 Å². The fourth-order valence-corrected chi connectivity index (χ4v) is 1.56. The molecule has 0 saturated carbocycles. The van der Waals surface area contributed by atoms with Gasteiger partial charge in [-0.3, -0.25) is 4.79 Å². The number of rotatable bonds is 7. The van der Waals surface area contributed by atoms with E-state index >= 15 is 0 Å². The van der Waals surface area contributed by atoms with Gasteiger partial charge in [0.1, 0.15) is 11.6 Å². The van der Waals surface area contributed by atoms with Crippen LogP contribution in [0.3, 0.4) is 0 Å². The van der Waals surface area contributed by atoms with Crippen molar-refractivity contribution >= 4 is 23.2 Å². The zero-order valence-electron chi connectivity index (χ0n) is 11.5. The molecule has 0 bridgehead atoms. The Morgan fingerprint density at radius 2 is 2.24 bits per heavy atom. The summed E-state index contributed by atoms with van der Waals surface area (Å²) < 4.78 is 31.5. The first-order valence-corrected chi connectivity index (χ1v) is 6.86. The molecule has 1 amide bonds. The van der Waals surface area contributed by atoms with E-state index in [0.717, 1.165) is 0 Å². The van der Waals surface area contributed by atoms with Gasteiger partial charge in [-0.15, -0.1) is 11.6 Å². The van der Waals surface area contributed by atoms with Crippen LogP contribution in [0, 0.1) is 11.3 Å². The van der Waals surface area contributed by atoms with Crippen LogP contribution >= 0.6 is 11.6 Å². The highest BCUT2D eigenvalue weighted by molar-refractivity contribution is 6.29. The summed E-state index contributed by atoms with van der Waals surface area (Å²) in [6, 6.07) is 6.24. The van der Waals surface area contributed by atoms with Crippen LogP contribution in [0.25, 0.3) is 0 Å². The van der Waals surface area contributed by atoms with Crippen molar-refractivity contribution in [1.82, 2.24) is 0 Å². The van der Waals surface area contributed by atoms with Gasteiger partial charge < -0.3 is 10.1 Å². The number of nitrogens with one attached hydrogen (secondary N) is 1.